The minimum Gasteiger partial charge on any atom is -0.489 e. The first-order valence-corrected chi connectivity index (χ1v) is 9.87. The lowest BCUT2D eigenvalue weighted by molar-refractivity contribution is 0.123. The molecule has 1 aliphatic rings. The molecule has 2 aromatic carbocycles. The fourth-order valence-electron chi connectivity index (χ4n) is 3.98. The van der Waals surface area contributed by atoms with Crippen molar-refractivity contribution in [1.82, 2.24) is 4.98 Å². The van der Waals surface area contributed by atoms with Crippen LogP contribution in [0.2, 0.25) is 5.02 Å². The second-order valence-electron chi connectivity index (χ2n) is 7.41. The van der Waals surface area contributed by atoms with Crippen molar-refractivity contribution >= 4 is 22.4 Å². The number of ether oxygens (including phenoxy) is 1. The third kappa shape index (κ3) is 3.91. The number of fused-ring (bicyclic) bond motifs is 1. The Balaban J connectivity index is 1.42. The zero-order valence-electron chi connectivity index (χ0n) is 15.3. The predicted octanol–water partition coefficient (Wildman–Crippen LogP) is 4.96. The Morgan fingerprint density at radius 1 is 1.11 bits per heavy atom. The minimum atomic E-state index is -0.248. The van der Waals surface area contributed by atoms with Gasteiger partial charge in [-0.05, 0) is 72.9 Å². The second-order valence-corrected chi connectivity index (χ2v) is 7.82. The van der Waals surface area contributed by atoms with Gasteiger partial charge in [0.05, 0.1) is 11.1 Å². The molecule has 1 fully saturated rings. The Labute approximate surface area is 167 Å². The number of pyridine rings is 1. The van der Waals surface area contributed by atoms with E-state index in [0.717, 1.165) is 36.6 Å². The van der Waals surface area contributed by atoms with Crippen molar-refractivity contribution < 1.29 is 9.13 Å². The number of nitrogens with two attached hydrogens (primary N) is 1. The molecule has 1 aliphatic carbocycles. The van der Waals surface area contributed by atoms with Crippen molar-refractivity contribution in [3.63, 3.8) is 0 Å². The van der Waals surface area contributed by atoms with E-state index < -0.39 is 0 Å². The van der Waals surface area contributed by atoms with E-state index >= 15 is 0 Å². The molecule has 1 saturated carbocycles. The van der Waals surface area contributed by atoms with Gasteiger partial charge < -0.3 is 15.5 Å². The molecular weight excluding hydrogens is 379 g/mol. The van der Waals surface area contributed by atoms with Crippen molar-refractivity contribution in [2.45, 2.75) is 37.8 Å². The van der Waals surface area contributed by atoms with Crippen LogP contribution in [0.1, 0.15) is 37.3 Å². The number of aromatic nitrogens is 1. The molecular formula is C22H22ClFN2O2. The van der Waals surface area contributed by atoms with Crippen LogP contribution in [0.5, 0.6) is 5.75 Å². The van der Waals surface area contributed by atoms with Crippen molar-refractivity contribution in [2.75, 3.05) is 0 Å². The molecule has 1 atom stereocenters. The molecule has 3 N–H and O–H groups in total. The molecule has 0 amide bonds. The van der Waals surface area contributed by atoms with Crippen LogP contribution in [0.25, 0.3) is 10.8 Å². The molecule has 0 radical (unpaired) electrons. The van der Waals surface area contributed by atoms with E-state index in [2.05, 4.69) is 4.98 Å². The molecule has 1 aromatic heterocycles. The molecule has 0 bridgehead atoms. The van der Waals surface area contributed by atoms with Gasteiger partial charge in [0.25, 0.3) is 5.56 Å². The highest BCUT2D eigenvalue weighted by atomic mass is 35.5. The normalized spacial score (nSPS) is 20.8. The molecule has 1 unspecified atom stereocenters. The molecule has 1 heterocycles. The number of benzene rings is 2. The molecule has 4 rings (SSSR count). The number of hydrogen-bond donors (Lipinski definition) is 2. The zero-order valence-corrected chi connectivity index (χ0v) is 16.1. The summed E-state index contributed by atoms with van der Waals surface area (Å²) in [5.74, 6) is 0.698. The number of halogens is 2. The summed E-state index contributed by atoms with van der Waals surface area (Å²) < 4.78 is 19.3. The highest BCUT2D eigenvalue weighted by Crippen LogP contribution is 2.36. The first-order valence-electron chi connectivity index (χ1n) is 9.50. The topological polar surface area (TPSA) is 68.1 Å². The molecule has 0 spiro atoms. The first-order chi connectivity index (χ1) is 13.5. The Kier molecular flexibility index (Phi) is 5.38. The predicted molar refractivity (Wildman–Crippen MR) is 109 cm³/mol. The monoisotopic (exact) mass is 400 g/mol. The molecule has 0 aliphatic heterocycles. The Morgan fingerprint density at radius 2 is 1.82 bits per heavy atom. The van der Waals surface area contributed by atoms with E-state index in [0.29, 0.717) is 22.1 Å². The van der Waals surface area contributed by atoms with Crippen LogP contribution in [0.4, 0.5) is 4.39 Å². The van der Waals surface area contributed by atoms with Gasteiger partial charge in [-0.3, -0.25) is 4.79 Å². The quantitative estimate of drug-likeness (QED) is 0.650. The van der Waals surface area contributed by atoms with Crippen LogP contribution in [-0.4, -0.2) is 11.1 Å². The van der Waals surface area contributed by atoms with Crippen molar-refractivity contribution in [1.29, 1.82) is 0 Å². The highest BCUT2D eigenvalue weighted by molar-refractivity contribution is 6.32. The number of nitrogens with one attached hydrogen (secondary N) is 1. The van der Waals surface area contributed by atoms with Crippen molar-refractivity contribution in [3.05, 3.63) is 75.4 Å². The van der Waals surface area contributed by atoms with Crippen LogP contribution < -0.4 is 16.0 Å². The van der Waals surface area contributed by atoms with Gasteiger partial charge in [0.2, 0.25) is 0 Å². The maximum atomic E-state index is 13.1. The van der Waals surface area contributed by atoms with Gasteiger partial charge in [0.1, 0.15) is 11.6 Å². The second kappa shape index (κ2) is 7.94. The average Bonchev–Trinajstić information content (AvgIpc) is 2.70. The van der Waals surface area contributed by atoms with Gasteiger partial charge in [0.15, 0.2) is 0 Å². The number of rotatable bonds is 4. The van der Waals surface area contributed by atoms with Crippen molar-refractivity contribution in [2.24, 2.45) is 11.7 Å². The van der Waals surface area contributed by atoms with Gasteiger partial charge in [-0.2, -0.15) is 0 Å². The van der Waals surface area contributed by atoms with Gasteiger partial charge in [-0.15, -0.1) is 0 Å². The van der Waals surface area contributed by atoms with E-state index in [1.807, 2.05) is 12.1 Å². The fraction of sp³-hybridized carbons (Fsp3) is 0.318. The summed E-state index contributed by atoms with van der Waals surface area (Å²) >= 11 is 6.34. The Bertz CT molecular complexity index is 1030. The van der Waals surface area contributed by atoms with Crippen LogP contribution in [0, 0.1) is 11.7 Å². The summed E-state index contributed by atoms with van der Waals surface area (Å²) in [7, 11) is 0. The lowest BCUT2D eigenvalue weighted by atomic mass is 9.80. The van der Waals surface area contributed by atoms with E-state index in [1.54, 1.807) is 24.4 Å². The zero-order chi connectivity index (χ0) is 19.7. The van der Waals surface area contributed by atoms with E-state index in [-0.39, 0.29) is 23.5 Å². The summed E-state index contributed by atoms with van der Waals surface area (Å²) in [6, 6.07) is 11.6. The largest absolute Gasteiger partial charge is 0.489 e. The van der Waals surface area contributed by atoms with Gasteiger partial charge in [-0.25, -0.2) is 4.39 Å². The first kappa shape index (κ1) is 19.0. The summed E-state index contributed by atoms with van der Waals surface area (Å²) in [5, 5.41) is 1.79. The Morgan fingerprint density at radius 3 is 2.54 bits per heavy atom. The van der Waals surface area contributed by atoms with E-state index in [1.165, 1.54) is 12.1 Å². The van der Waals surface area contributed by atoms with Gasteiger partial charge in [0, 0.05) is 17.6 Å². The van der Waals surface area contributed by atoms with E-state index in [4.69, 9.17) is 22.1 Å². The van der Waals surface area contributed by atoms with Crippen LogP contribution in [0.3, 0.4) is 0 Å². The molecule has 0 saturated heterocycles. The van der Waals surface area contributed by atoms with Crippen LogP contribution in [-0.2, 0) is 0 Å². The van der Waals surface area contributed by atoms with Crippen LogP contribution in [0.15, 0.2) is 53.5 Å². The van der Waals surface area contributed by atoms with Crippen LogP contribution >= 0.6 is 11.6 Å². The summed E-state index contributed by atoms with van der Waals surface area (Å²) in [4.78, 5) is 14.5. The highest BCUT2D eigenvalue weighted by Gasteiger charge is 2.28. The standard InChI is InChI=1S/C22H22ClFN2O2/c23-19-12-18-15(9-10-26-22(18)27)11-20(19)28-17-7-3-14(4-8-17)21(25)13-1-5-16(24)6-2-13/h1-2,5-6,9-12,14,17,21H,3-4,7-8,25H2,(H,26,27). The third-order valence-electron chi connectivity index (χ3n) is 5.60. The smallest absolute Gasteiger partial charge is 0.255 e. The molecule has 28 heavy (non-hydrogen) atoms. The maximum absolute atomic E-state index is 13.1. The number of H-pyrrole nitrogens is 1. The minimum absolute atomic E-state index is 0.0635. The van der Waals surface area contributed by atoms with Gasteiger partial charge in [-0.1, -0.05) is 23.7 Å². The number of aromatic amines is 1. The summed E-state index contributed by atoms with van der Waals surface area (Å²) in [6.07, 6.45) is 5.31. The lowest BCUT2D eigenvalue weighted by Crippen LogP contribution is -2.30. The van der Waals surface area contributed by atoms with Crippen molar-refractivity contribution in [3.8, 4) is 5.75 Å². The average molecular weight is 401 g/mol. The Hall–Kier alpha value is -2.37. The van der Waals surface area contributed by atoms with Gasteiger partial charge >= 0.3 is 0 Å². The maximum Gasteiger partial charge on any atom is 0.255 e. The summed E-state index contributed by atoms with van der Waals surface area (Å²) in [6.45, 7) is 0. The lowest BCUT2D eigenvalue weighted by Gasteiger charge is -2.32. The molecule has 3 aromatic rings. The summed E-state index contributed by atoms with van der Waals surface area (Å²) in [5.41, 5.74) is 7.20. The third-order valence-corrected chi connectivity index (χ3v) is 5.90. The molecule has 4 nitrogen and oxygen atoms in total. The fourth-order valence-corrected chi connectivity index (χ4v) is 4.19. The number of hydrogen-bond acceptors (Lipinski definition) is 3. The SMILES string of the molecule is NC(c1ccc(F)cc1)C1CCC(Oc2cc3cc[nH]c(=O)c3cc2Cl)CC1. The van der Waals surface area contributed by atoms with E-state index in [9.17, 15) is 9.18 Å². The molecule has 146 valence electrons. The molecule has 6 heteroatoms.